The molecule has 4 rings (SSSR count). The van der Waals surface area contributed by atoms with E-state index in [2.05, 4.69) is 10.3 Å². The van der Waals surface area contributed by atoms with Gasteiger partial charge in [0.2, 0.25) is 5.91 Å². The second-order valence-corrected chi connectivity index (χ2v) is 7.61. The van der Waals surface area contributed by atoms with E-state index in [1.54, 1.807) is 16.7 Å². The number of carbonyl (C=O) groups excluding carboxylic acids is 1. The number of carbonyl (C=O) groups is 1. The number of halogens is 1. The van der Waals surface area contributed by atoms with Crippen molar-refractivity contribution in [3.63, 3.8) is 0 Å². The lowest BCUT2D eigenvalue weighted by Crippen LogP contribution is -2.33. The summed E-state index contributed by atoms with van der Waals surface area (Å²) < 4.78 is 14.9. The standard InChI is InChI=1S/C23H24FN3O2/c24-17-11-9-16(10-12-17)15-27-21-8-4-3-7-19(21)26-20(23(27)29)13-14-22(28)25-18-5-1-2-6-18/h3-4,7-12,18H,1-2,5-6,13-15H2,(H,25,28). The molecule has 1 N–H and O–H groups in total. The van der Waals surface area contributed by atoms with Gasteiger partial charge in [-0.2, -0.15) is 0 Å². The SMILES string of the molecule is O=C(CCc1nc2ccccc2n(Cc2ccc(F)cc2)c1=O)NC1CCCC1. The number of nitrogens with one attached hydrogen (secondary N) is 1. The quantitative estimate of drug-likeness (QED) is 0.696. The molecule has 1 amide bonds. The molecule has 2 aromatic carbocycles. The number of fused-ring (bicyclic) bond motifs is 1. The Bertz CT molecular complexity index is 1070. The Labute approximate surface area is 168 Å². The normalized spacial score (nSPS) is 14.4. The molecule has 0 radical (unpaired) electrons. The highest BCUT2D eigenvalue weighted by molar-refractivity contribution is 5.77. The lowest BCUT2D eigenvalue weighted by molar-refractivity contribution is -0.121. The van der Waals surface area contributed by atoms with Crippen LogP contribution in [0.25, 0.3) is 11.0 Å². The third-order valence-electron chi connectivity index (χ3n) is 5.48. The molecule has 0 aliphatic heterocycles. The number of amides is 1. The van der Waals surface area contributed by atoms with Crippen molar-refractivity contribution in [2.45, 2.75) is 51.1 Å². The van der Waals surface area contributed by atoms with Gasteiger partial charge in [0, 0.05) is 18.9 Å². The Morgan fingerprint density at radius 2 is 1.83 bits per heavy atom. The van der Waals surface area contributed by atoms with Gasteiger partial charge in [-0.05, 0) is 42.7 Å². The van der Waals surface area contributed by atoms with Gasteiger partial charge in [0.05, 0.1) is 17.6 Å². The van der Waals surface area contributed by atoms with Crippen molar-refractivity contribution < 1.29 is 9.18 Å². The topological polar surface area (TPSA) is 64.0 Å². The average Bonchev–Trinajstić information content (AvgIpc) is 3.23. The fourth-order valence-electron chi connectivity index (χ4n) is 3.94. The molecule has 1 aliphatic rings. The summed E-state index contributed by atoms with van der Waals surface area (Å²) in [6, 6.07) is 13.8. The summed E-state index contributed by atoms with van der Waals surface area (Å²) in [6.45, 7) is 0.323. The highest BCUT2D eigenvalue weighted by atomic mass is 19.1. The molecule has 1 saturated carbocycles. The number of aryl methyl sites for hydroxylation is 1. The molecule has 0 atom stereocenters. The van der Waals surface area contributed by atoms with Gasteiger partial charge in [0.1, 0.15) is 11.5 Å². The van der Waals surface area contributed by atoms with E-state index in [0.717, 1.165) is 36.8 Å². The van der Waals surface area contributed by atoms with Gasteiger partial charge in [-0.3, -0.25) is 9.59 Å². The first-order chi connectivity index (χ1) is 14.1. The van der Waals surface area contributed by atoms with Crippen LogP contribution in [0.15, 0.2) is 53.3 Å². The summed E-state index contributed by atoms with van der Waals surface area (Å²) >= 11 is 0. The van der Waals surface area contributed by atoms with Gasteiger partial charge < -0.3 is 9.88 Å². The predicted molar refractivity (Wildman–Crippen MR) is 110 cm³/mol. The third-order valence-corrected chi connectivity index (χ3v) is 5.48. The van der Waals surface area contributed by atoms with Crippen LogP contribution in [0.4, 0.5) is 4.39 Å². The summed E-state index contributed by atoms with van der Waals surface area (Å²) in [6.07, 6.45) is 4.92. The number of rotatable bonds is 6. The first-order valence-corrected chi connectivity index (χ1v) is 10.1. The van der Waals surface area contributed by atoms with Gasteiger partial charge in [-0.25, -0.2) is 9.37 Å². The number of benzene rings is 2. The van der Waals surface area contributed by atoms with Gasteiger partial charge in [0.25, 0.3) is 5.56 Å². The molecule has 0 bridgehead atoms. The molecule has 5 nitrogen and oxygen atoms in total. The van der Waals surface area contributed by atoms with E-state index in [4.69, 9.17) is 0 Å². The van der Waals surface area contributed by atoms with Crippen molar-refractivity contribution in [3.8, 4) is 0 Å². The van der Waals surface area contributed by atoms with Crippen molar-refractivity contribution in [2.24, 2.45) is 0 Å². The zero-order chi connectivity index (χ0) is 20.2. The maximum Gasteiger partial charge on any atom is 0.273 e. The number of para-hydroxylation sites is 2. The first kappa shape index (κ1) is 19.3. The number of hydrogen-bond donors (Lipinski definition) is 1. The molecule has 3 aromatic rings. The Balaban J connectivity index is 1.59. The average molecular weight is 393 g/mol. The fraction of sp³-hybridized carbons (Fsp3) is 0.348. The zero-order valence-electron chi connectivity index (χ0n) is 16.2. The smallest absolute Gasteiger partial charge is 0.273 e. The fourth-order valence-corrected chi connectivity index (χ4v) is 3.94. The van der Waals surface area contributed by atoms with Crippen LogP contribution in [0.5, 0.6) is 0 Å². The van der Waals surface area contributed by atoms with Gasteiger partial charge in [-0.1, -0.05) is 37.1 Å². The van der Waals surface area contributed by atoms with E-state index in [-0.39, 0.29) is 29.7 Å². The summed E-state index contributed by atoms with van der Waals surface area (Å²) in [5.74, 6) is -0.342. The minimum Gasteiger partial charge on any atom is -0.353 e. The Morgan fingerprint density at radius 3 is 2.59 bits per heavy atom. The van der Waals surface area contributed by atoms with E-state index in [9.17, 15) is 14.0 Å². The second kappa shape index (κ2) is 8.55. The first-order valence-electron chi connectivity index (χ1n) is 10.1. The van der Waals surface area contributed by atoms with Gasteiger partial charge in [0.15, 0.2) is 0 Å². The minimum atomic E-state index is -0.311. The van der Waals surface area contributed by atoms with Gasteiger partial charge in [-0.15, -0.1) is 0 Å². The molecule has 1 aromatic heterocycles. The van der Waals surface area contributed by atoms with E-state index >= 15 is 0 Å². The Kier molecular flexibility index (Phi) is 5.69. The van der Waals surface area contributed by atoms with Crippen molar-refractivity contribution in [1.29, 1.82) is 0 Å². The van der Waals surface area contributed by atoms with E-state index in [0.29, 0.717) is 24.2 Å². The van der Waals surface area contributed by atoms with Crippen LogP contribution in [0.1, 0.15) is 43.4 Å². The van der Waals surface area contributed by atoms with Crippen LogP contribution < -0.4 is 10.9 Å². The highest BCUT2D eigenvalue weighted by Crippen LogP contribution is 2.18. The van der Waals surface area contributed by atoms with E-state index < -0.39 is 0 Å². The van der Waals surface area contributed by atoms with E-state index in [1.165, 1.54) is 12.1 Å². The maximum absolute atomic E-state index is 13.2. The number of hydrogen-bond acceptors (Lipinski definition) is 3. The summed E-state index contributed by atoms with van der Waals surface area (Å²) in [4.78, 5) is 29.9. The van der Waals surface area contributed by atoms with Crippen molar-refractivity contribution in [2.75, 3.05) is 0 Å². The molecule has 1 heterocycles. The van der Waals surface area contributed by atoms with Crippen LogP contribution in [0.2, 0.25) is 0 Å². The van der Waals surface area contributed by atoms with Gasteiger partial charge >= 0.3 is 0 Å². The maximum atomic E-state index is 13.2. The second-order valence-electron chi connectivity index (χ2n) is 7.61. The zero-order valence-corrected chi connectivity index (χ0v) is 16.2. The summed E-state index contributed by atoms with van der Waals surface area (Å²) in [5.41, 5.74) is 2.44. The number of aromatic nitrogens is 2. The summed E-state index contributed by atoms with van der Waals surface area (Å²) in [5, 5.41) is 3.05. The molecule has 0 unspecified atom stereocenters. The molecular weight excluding hydrogens is 369 g/mol. The molecule has 6 heteroatoms. The number of nitrogens with zero attached hydrogens (tertiary/aromatic N) is 2. The van der Waals surface area contributed by atoms with Crippen LogP contribution in [0, 0.1) is 5.82 Å². The Hall–Kier alpha value is -3.02. The van der Waals surface area contributed by atoms with Crippen LogP contribution in [-0.4, -0.2) is 21.5 Å². The molecular formula is C23H24FN3O2. The predicted octanol–water partition coefficient (Wildman–Crippen LogP) is 3.58. The monoisotopic (exact) mass is 393 g/mol. The third kappa shape index (κ3) is 4.53. The lowest BCUT2D eigenvalue weighted by Gasteiger charge is -2.14. The minimum absolute atomic E-state index is 0.0312. The largest absolute Gasteiger partial charge is 0.353 e. The molecule has 1 aliphatic carbocycles. The van der Waals surface area contributed by atoms with Crippen molar-refractivity contribution in [3.05, 3.63) is 76.0 Å². The van der Waals surface area contributed by atoms with Crippen molar-refractivity contribution >= 4 is 16.9 Å². The highest BCUT2D eigenvalue weighted by Gasteiger charge is 2.18. The molecule has 1 fully saturated rings. The molecule has 29 heavy (non-hydrogen) atoms. The molecule has 0 saturated heterocycles. The van der Waals surface area contributed by atoms with Crippen LogP contribution in [-0.2, 0) is 17.8 Å². The summed E-state index contributed by atoms with van der Waals surface area (Å²) in [7, 11) is 0. The van der Waals surface area contributed by atoms with E-state index in [1.807, 2.05) is 24.3 Å². The van der Waals surface area contributed by atoms with Crippen LogP contribution >= 0.6 is 0 Å². The van der Waals surface area contributed by atoms with Crippen LogP contribution in [0.3, 0.4) is 0 Å². The molecule has 0 spiro atoms. The van der Waals surface area contributed by atoms with Crippen molar-refractivity contribution in [1.82, 2.24) is 14.9 Å². The molecule has 150 valence electrons. The lowest BCUT2D eigenvalue weighted by atomic mass is 10.1. The Morgan fingerprint density at radius 1 is 1.10 bits per heavy atom.